The predicted molar refractivity (Wildman–Crippen MR) is 47.4 cm³/mol. The summed E-state index contributed by atoms with van der Waals surface area (Å²) in [5, 5.41) is 0.569. The van der Waals surface area contributed by atoms with Crippen LogP contribution in [0.5, 0.6) is 0 Å². The lowest BCUT2D eigenvalue weighted by Gasteiger charge is -2.05. The van der Waals surface area contributed by atoms with Crippen molar-refractivity contribution >= 4 is 11.6 Å². The van der Waals surface area contributed by atoms with Crippen LogP contribution in [0, 0.1) is 0 Å². The third-order valence-electron chi connectivity index (χ3n) is 2.08. The maximum Gasteiger partial charge on any atom is 0.129 e. The van der Waals surface area contributed by atoms with Crippen molar-refractivity contribution in [3.63, 3.8) is 0 Å². The molecule has 2 rings (SSSR count). The Kier molecular flexibility index (Phi) is 2.28. The topological polar surface area (TPSA) is 22.1 Å². The summed E-state index contributed by atoms with van der Waals surface area (Å²) in [4.78, 5) is 4.24. The average molecular weight is 184 g/mol. The maximum absolute atomic E-state index is 5.77. The highest BCUT2D eigenvalue weighted by Crippen LogP contribution is 2.24. The van der Waals surface area contributed by atoms with Crippen molar-refractivity contribution in [1.29, 1.82) is 0 Å². The zero-order valence-electron chi connectivity index (χ0n) is 6.66. The van der Waals surface area contributed by atoms with Crippen LogP contribution in [0.15, 0.2) is 18.2 Å². The second kappa shape index (κ2) is 3.42. The summed E-state index contributed by atoms with van der Waals surface area (Å²) >= 11 is 5.77. The van der Waals surface area contributed by atoms with E-state index in [2.05, 4.69) is 4.98 Å². The summed E-state index contributed by atoms with van der Waals surface area (Å²) in [7, 11) is 0. The Balaban J connectivity index is 2.21. The van der Waals surface area contributed by atoms with Gasteiger partial charge in [-0.3, -0.25) is 0 Å². The monoisotopic (exact) mass is 183 g/mol. The highest BCUT2D eigenvalue weighted by atomic mass is 35.5. The molecular weight excluding hydrogens is 174 g/mol. The molecule has 1 fully saturated rings. The molecule has 0 spiro atoms. The van der Waals surface area contributed by atoms with Gasteiger partial charge in [0, 0.05) is 18.2 Å². The van der Waals surface area contributed by atoms with Crippen LogP contribution in [-0.2, 0) is 4.74 Å². The van der Waals surface area contributed by atoms with Gasteiger partial charge in [-0.05, 0) is 18.6 Å². The van der Waals surface area contributed by atoms with Crippen molar-refractivity contribution in [1.82, 2.24) is 4.98 Å². The number of aromatic nitrogens is 1. The molecule has 1 saturated heterocycles. The fourth-order valence-corrected chi connectivity index (χ4v) is 1.59. The van der Waals surface area contributed by atoms with Crippen molar-refractivity contribution in [2.45, 2.75) is 12.3 Å². The van der Waals surface area contributed by atoms with Crippen LogP contribution in [0.2, 0.25) is 5.15 Å². The van der Waals surface area contributed by atoms with Crippen LogP contribution < -0.4 is 0 Å². The second-order valence-corrected chi connectivity index (χ2v) is 3.33. The number of rotatable bonds is 1. The summed E-state index contributed by atoms with van der Waals surface area (Å²) in [5.74, 6) is 0.448. The van der Waals surface area contributed by atoms with E-state index in [1.807, 2.05) is 12.1 Å². The molecule has 1 atom stereocenters. The van der Waals surface area contributed by atoms with E-state index in [1.54, 1.807) is 6.07 Å². The molecule has 1 aliphatic heterocycles. The standard InChI is InChI=1S/C9H10ClNO/c10-9-3-1-2-8(11-9)7-4-5-12-6-7/h1-3,7H,4-6H2. The third kappa shape index (κ3) is 1.59. The largest absolute Gasteiger partial charge is 0.381 e. The minimum atomic E-state index is 0.448. The van der Waals surface area contributed by atoms with E-state index in [0.717, 1.165) is 25.3 Å². The number of nitrogens with zero attached hydrogens (tertiary/aromatic N) is 1. The van der Waals surface area contributed by atoms with Gasteiger partial charge in [0.05, 0.1) is 6.61 Å². The van der Waals surface area contributed by atoms with Gasteiger partial charge in [0.25, 0.3) is 0 Å². The van der Waals surface area contributed by atoms with Gasteiger partial charge in [0.1, 0.15) is 5.15 Å². The molecule has 0 amide bonds. The number of hydrogen-bond acceptors (Lipinski definition) is 2. The van der Waals surface area contributed by atoms with Crippen molar-refractivity contribution in [3.05, 3.63) is 29.0 Å². The average Bonchev–Trinajstić information content (AvgIpc) is 2.56. The van der Waals surface area contributed by atoms with E-state index in [1.165, 1.54) is 0 Å². The molecule has 0 saturated carbocycles. The van der Waals surface area contributed by atoms with Gasteiger partial charge in [-0.15, -0.1) is 0 Å². The zero-order chi connectivity index (χ0) is 8.39. The normalized spacial score (nSPS) is 22.9. The lowest BCUT2D eigenvalue weighted by molar-refractivity contribution is 0.193. The fraction of sp³-hybridized carbons (Fsp3) is 0.444. The lowest BCUT2D eigenvalue weighted by atomic mass is 10.0. The van der Waals surface area contributed by atoms with Gasteiger partial charge in [0.2, 0.25) is 0 Å². The molecule has 3 heteroatoms. The van der Waals surface area contributed by atoms with E-state index < -0.39 is 0 Å². The van der Waals surface area contributed by atoms with Crippen LogP contribution in [0.25, 0.3) is 0 Å². The second-order valence-electron chi connectivity index (χ2n) is 2.95. The summed E-state index contributed by atoms with van der Waals surface area (Å²) in [6.45, 7) is 1.63. The molecule has 0 bridgehead atoms. The smallest absolute Gasteiger partial charge is 0.129 e. The zero-order valence-corrected chi connectivity index (χ0v) is 7.42. The van der Waals surface area contributed by atoms with Crippen molar-refractivity contribution in [2.75, 3.05) is 13.2 Å². The Morgan fingerprint density at radius 2 is 2.42 bits per heavy atom. The Morgan fingerprint density at radius 3 is 3.08 bits per heavy atom. The molecule has 64 valence electrons. The molecule has 2 heterocycles. The maximum atomic E-state index is 5.77. The van der Waals surface area contributed by atoms with Gasteiger partial charge in [-0.1, -0.05) is 17.7 Å². The number of halogens is 1. The number of pyridine rings is 1. The Bertz CT molecular complexity index is 271. The molecule has 0 aromatic carbocycles. The summed E-state index contributed by atoms with van der Waals surface area (Å²) in [6.07, 6.45) is 1.06. The fourth-order valence-electron chi connectivity index (χ4n) is 1.42. The van der Waals surface area contributed by atoms with Crippen molar-refractivity contribution in [3.8, 4) is 0 Å². The van der Waals surface area contributed by atoms with Crippen LogP contribution >= 0.6 is 11.6 Å². The molecule has 2 nitrogen and oxygen atoms in total. The molecule has 1 aromatic rings. The Labute approximate surface area is 76.5 Å². The number of hydrogen-bond donors (Lipinski definition) is 0. The molecule has 0 N–H and O–H groups in total. The Morgan fingerprint density at radius 1 is 1.50 bits per heavy atom. The highest BCUT2D eigenvalue weighted by molar-refractivity contribution is 6.29. The van der Waals surface area contributed by atoms with Crippen LogP contribution in [0.1, 0.15) is 18.0 Å². The van der Waals surface area contributed by atoms with Crippen LogP contribution in [0.4, 0.5) is 0 Å². The van der Waals surface area contributed by atoms with E-state index in [0.29, 0.717) is 11.1 Å². The Hall–Kier alpha value is -0.600. The van der Waals surface area contributed by atoms with Crippen LogP contribution in [0.3, 0.4) is 0 Å². The van der Waals surface area contributed by atoms with Gasteiger partial charge >= 0.3 is 0 Å². The first-order chi connectivity index (χ1) is 5.86. The van der Waals surface area contributed by atoms with Gasteiger partial charge in [-0.25, -0.2) is 4.98 Å². The lowest BCUT2D eigenvalue weighted by Crippen LogP contribution is -1.99. The highest BCUT2D eigenvalue weighted by Gasteiger charge is 2.18. The minimum absolute atomic E-state index is 0.448. The molecule has 1 unspecified atom stereocenters. The quantitative estimate of drug-likeness (QED) is 0.623. The molecule has 0 radical (unpaired) electrons. The molecule has 1 aromatic heterocycles. The summed E-state index contributed by atoms with van der Waals surface area (Å²) < 4.78 is 5.27. The van der Waals surface area contributed by atoms with Crippen molar-refractivity contribution < 1.29 is 4.74 Å². The van der Waals surface area contributed by atoms with E-state index >= 15 is 0 Å². The molecule has 1 aliphatic rings. The van der Waals surface area contributed by atoms with Crippen molar-refractivity contribution in [2.24, 2.45) is 0 Å². The molecule has 0 aliphatic carbocycles. The van der Waals surface area contributed by atoms with E-state index in [9.17, 15) is 0 Å². The van der Waals surface area contributed by atoms with E-state index in [4.69, 9.17) is 16.3 Å². The number of ether oxygens (including phenoxy) is 1. The van der Waals surface area contributed by atoms with Gasteiger partial charge in [0.15, 0.2) is 0 Å². The summed E-state index contributed by atoms with van der Waals surface area (Å²) in [6, 6.07) is 5.73. The first-order valence-electron chi connectivity index (χ1n) is 4.06. The molecule has 12 heavy (non-hydrogen) atoms. The minimum Gasteiger partial charge on any atom is -0.381 e. The first-order valence-corrected chi connectivity index (χ1v) is 4.44. The van der Waals surface area contributed by atoms with Crippen LogP contribution in [-0.4, -0.2) is 18.2 Å². The van der Waals surface area contributed by atoms with Gasteiger partial charge < -0.3 is 4.74 Å². The SMILES string of the molecule is Clc1cccc(C2CCOC2)n1. The molecular formula is C9H10ClNO. The predicted octanol–water partition coefficient (Wildman–Crippen LogP) is 2.24. The van der Waals surface area contributed by atoms with E-state index in [-0.39, 0.29) is 0 Å². The van der Waals surface area contributed by atoms with Gasteiger partial charge in [-0.2, -0.15) is 0 Å². The third-order valence-corrected chi connectivity index (χ3v) is 2.30. The summed E-state index contributed by atoms with van der Waals surface area (Å²) in [5.41, 5.74) is 1.06. The first kappa shape index (κ1) is 8.02.